The van der Waals surface area contributed by atoms with E-state index < -0.39 is 0 Å². The van der Waals surface area contributed by atoms with Crippen molar-refractivity contribution in [3.63, 3.8) is 0 Å². The van der Waals surface area contributed by atoms with Crippen LogP contribution in [0.4, 0.5) is 5.69 Å². The fourth-order valence-corrected chi connectivity index (χ4v) is 2.35. The number of anilines is 1. The Labute approximate surface area is 164 Å². The second-order valence-electron chi connectivity index (χ2n) is 5.31. The summed E-state index contributed by atoms with van der Waals surface area (Å²) < 4.78 is 16.2. The average Bonchev–Trinajstić information content (AvgIpc) is 3.06. The highest BCUT2D eigenvalue weighted by atomic mass is 127. The Morgan fingerprint density at radius 3 is 2.88 bits per heavy atom. The minimum absolute atomic E-state index is 0. The van der Waals surface area contributed by atoms with Crippen LogP contribution in [0.1, 0.15) is 12.5 Å². The molecule has 0 fully saturated rings. The van der Waals surface area contributed by atoms with Crippen LogP contribution in [0.3, 0.4) is 0 Å². The average molecular weight is 455 g/mol. The van der Waals surface area contributed by atoms with Crippen molar-refractivity contribution < 1.29 is 14.2 Å². The first-order valence-corrected chi connectivity index (χ1v) is 7.93. The number of benzene rings is 2. The molecule has 1 aliphatic heterocycles. The minimum Gasteiger partial charge on any atom is -0.492 e. The summed E-state index contributed by atoms with van der Waals surface area (Å²) in [5, 5.41) is 3.08. The van der Waals surface area contributed by atoms with Crippen LogP contribution < -0.4 is 25.3 Å². The van der Waals surface area contributed by atoms with E-state index in [1.165, 1.54) is 5.56 Å². The van der Waals surface area contributed by atoms with Gasteiger partial charge in [0.15, 0.2) is 17.5 Å². The third-order valence-electron chi connectivity index (χ3n) is 3.59. The van der Waals surface area contributed by atoms with Crippen LogP contribution >= 0.6 is 24.0 Å². The lowest BCUT2D eigenvalue weighted by atomic mass is 10.1. The largest absolute Gasteiger partial charge is 0.492 e. The topological polar surface area (TPSA) is 78.1 Å². The van der Waals surface area contributed by atoms with Gasteiger partial charge >= 0.3 is 0 Å². The Balaban J connectivity index is 0.00000225. The van der Waals surface area contributed by atoms with Crippen LogP contribution in [0.2, 0.25) is 0 Å². The molecule has 3 rings (SSSR count). The van der Waals surface area contributed by atoms with Crippen molar-refractivity contribution in [1.82, 2.24) is 0 Å². The van der Waals surface area contributed by atoms with E-state index >= 15 is 0 Å². The molecule has 0 bridgehead atoms. The summed E-state index contributed by atoms with van der Waals surface area (Å²) in [6.07, 6.45) is 0.982. The standard InChI is InChI=1S/C18H21N3O3.HI/c1-2-13-4-3-5-14(10-13)21-18(19)20-8-9-22-15-6-7-16-17(11-15)24-12-23-16;/h3-7,10-11H,2,8-9,12H2,1H3,(H3,19,20,21);1H. The van der Waals surface area contributed by atoms with Crippen LogP contribution in [0.15, 0.2) is 47.5 Å². The lowest BCUT2D eigenvalue weighted by Gasteiger charge is -2.08. The summed E-state index contributed by atoms with van der Waals surface area (Å²) in [7, 11) is 0. The summed E-state index contributed by atoms with van der Waals surface area (Å²) in [4.78, 5) is 4.26. The van der Waals surface area contributed by atoms with Gasteiger partial charge < -0.3 is 25.3 Å². The van der Waals surface area contributed by atoms with Crippen LogP contribution in [0.25, 0.3) is 0 Å². The first-order valence-electron chi connectivity index (χ1n) is 7.93. The molecular weight excluding hydrogens is 433 g/mol. The van der Waals surface area contributed by atoms with Crippen LogP contribution in [-0.2, 0) is 6.42 Å². The second-order valence-corrected chi connectivity index (χ2v) is 5.31. The monoisotopic (exact) mass is 455 g/mol. The molecule has 1 heterocycles. The van der Waals surface area contributed by atoms with E-state index in [1.54, 1.807) is 0 Å². The Morgan fingerprint density at radius 2 is 2.04 bits per heavy atom. The van der Waals surface area contributed by atoms with Gasteiger partial charge in [0.05, 0.1) is 6.54 Å². The maximum absolute atomic E-state index is 5.90. The predicted molar refractivity (Wildman–Crippen MR) is 109 cm³/mol. The Kier molecular flexibility index (Phi) is 7.17. The number of aliphatic imine (C=N–C) groups is 1. The molecule has 134 valence electrons. The maximum Gasteiger partial charge on any atom is 0.231 e. The van der Waals surface area contributed by atoms with Gasteiger partial charge in [0, 0.05) is 11.8 Å². The van der Waals surface area contributed by atoms with Gasteiger partial charge in [-0.25, -0.2) is 4.99 Å². The highest BCUT2D eigenvalue weighted by Crippen LogP contribution is 2.34. The number of halogens is 1. The molecule has 3 N–H and O–H groups in total. The number of ether oxygens (including phenoxy) is 3. The van der Waals surface area contributed by atoms with Crippen LogP contribution in [0, 0.1) is 0 Å². The molecule has 0 spiro atoms. The van der Waals surface area contributed by atoms with Crippen molar-refractivity contribution in [3.8, 4) is 17.2 Å². The number of fused-ring (bicyclic) bond motifs is 1. The summed E-state index contributed by atoms with van der Waals surface area (Å²) >= 11 is 0. The Hall–Kier alpha value is -2.16. The van der Waals surface area contributed by atoms with Gasteiger partial charge in [-0.2, -0.15) is 0 Å². The number of nitrogens with two attached hydrogens (primary N) is 1. The molecular formula is C18H22IN3O3. The summed E-state index contributed by atoms with van der Waals surface area (Å²) in [6.45, 7) is 3.26. The summed E-state index contributed by atoms with van der Waals surface area (Å²) in [6, 6.07) is 13.6. The smallest absolute Gasteiger partial charge is 0.231 e. The zero-order valence-electron chi connectivity index (χ0n) is 14.0. The molecule has 25 heavy (non-hydrogen) atoms. The number of rotatable bonds is 6. The molecule has 0 atom stereocenters. The number of nitrogens with one attached hydrogen (secondary N) is 1. The third kappa shape index (κ3) is 5.42. The van der Waals surface area contributed by atoms with Crippen molar-refractivity contribution in [2.45, 2.75) is 13.3 Å². The molecule has 2 aromatic carbocycles. The van der Waals surface area contributed by atoms with Crippen LogP contribution in [-0.4, -0.2) is 25.9 Å². The summed E-state index contributed by atoms with van der Waals surface area (Å²) in [5.74, 6) is 2.53. The van der Waals surface area contributed by atoms with Gasteiger partial charge in [0.25, 0.3) is 0 Å². The molecule has 6 nitrogen and oxygen atoms in total. The van der Waals surface area contributed by atoms with Gasteiger partial charge in [-0.1, -0.05) is 19.1 Å². The van der Waals surface area contributed by atoms with E-state index in [1.807, 2.05) is 30.3 Å². The zero-order chi connectivity index (χ0) is 16.8. The Bertz CT molecular complexity index is 737. The lowest BCUT2D eigenvalue weighted by molar-refractivity contribution is 0.174. The van der Waals surface area contributed by atoms with Crippen molar-refractivity contribution in [2.75, 3.05) is 25.3 Å². The van der Waals surface area contributed by atoms with Gasteiger partial charge in [-0.05, 0) is 36.2 Å². The number of nitrogens with zero attached hydrogens (tertiary/aromatic N) is 1. The summed E-state index contributed by atoms with van der Waals surface area (Å²) in [5.41, 5.74) is 8.08. The molecule has 1 aliphatic rings. The highest BCUT2D eigenvalue weighted by molar-refractivity contribution is 14.0. The first-order chi connectivity index (χ1) is 11.7. The number of hydrogen-bond acceptors (Lipinski definition) is 4. The van der Waals surface area contributed by atoms with Crippen molar-refractivity contribution in [3.05, 3.63) is 48.0 Å². The molecule has 0 aromatic heterocycles. The normalized spacial score (nSPS) is 12.4. The van der Waals surface area contributed by atoms with Gasteiger partial charge in [0.2, 0.25) is 6.79 Å². The first kappa shape index (κ1) is 19.2. The molecule has 0 unspecified atom stereocenters. The zero-order valence-corrected chi connectivity index (χ0v) is 16.4. The van der Waals surface area contributed by atoms with Crippen molar-refractivity contribution >= 4 is 35.6 Å². The Morgan fingerprint density at radius 1 is 1.20 bits per heavy atom. The molecule has 2 aromatic rings. The van der Waals surface area contributed by atoms with Crippen LogP contribution in [0.5, 0.6) is 17.2 Å². The maximum atomic E-state index is 5.90. The highest BCUT2D eigenvalue weighted by Gasteiger charge is 2.13. The van der Waals surface area contributed by atoms with E-state index in [4.69, 9.17) is 19.9 Å². The van der Waals surface area contributed by atoms with E-state index in [0.29, 0.717) is 24.9 Å². The molecule has 0 aliphatic carbocycles. The SMILES string of the molecule is CCc1cccc(NC(N)=NCCOc2ccc3c(c2)OCO3)c1.I. The van der Waals surface area contributed by atoms with Crippen molar-refractivity contribution in [1.29, 1.82) is 0 Å². The second kappa shape index (κ2) is 9.36. The third-order valence-corrected chi connectivity index (χ3v) is 3.59. The molecule has 0 amide bonds. The van der Waals surface area contributed by atoms with Gasteiger partial charge in [0.1, 0.15) is 12.4 Å². The number of hydrogen-bond donors (Lipinski definition) is 2. The number of aryl methyl sites for hydroxylation is 1. The van der Waals surface area contributed by atoms with Gasteiger partial charge in [-0.15, -0.1) is 24.0 Å². The van der Waals surface area contributed by atoms with E-state index in [-0.39, 0.29) is 30.8 Å². The fraction of sp³-hybridized carbons (Fsp3) is 0.278. The van der Waals surface area contributed by atoms with Crippen molar-refractivity contribution in [2.24, 2.45) is 10.7 Å². The van der Waals surface area contributed by atoms with E-state index in [9.17, 15) is 0 Å². The molecule has 7 heteroatoms. The molecule has 0 saturated heterocycles. The minimum atomic E-state index is 0. The molecule has 0 saturated carbocycles. The predicted octanol–water partition coefficient (Wildman–Crippen LogP) is 3.40. The quantitative estimate of drug-likeness (QED) is 0.302. The number of guanidine groups is 1. The van der Waals surface area contributed by atoms with E-state index in [0.717, 1.165) is 23.6 Å². The van der Waals surface area contributed by atoms with Gasteiger partial charge in [-0.3, -0.25) is 0 Å². The van der Waals surface area contributed by atoms with E-state index in [2.05, 4.69) is 29.4 Å². The lowest BCUT2D eigenvalue weighted by Crippen LogP contribution is -2.23. The molecule has 0 radical (unpaired) electrons. The fourth-order valence-electron chi connectivity index (χ4n) is 2.35.